The van der Waals surface area contributed by atoms with Crippen LogP contribution < -0.4 is 10.9 Å². The number of aromatic nitrogens is 2. The van der Waals surface area contributed by atoms with Crippen LogP contribution in [0.15, 0.2) is 11.0 Å². The number of carbonyl (C=O) groups is 1. The highest BCUT2D eigenvalue weighted by molar-refractivity contribution is 6.32. The van der Waals surface area contributed by atoms with Gasteiger partial charge in [0.2, 0.25) is 5.91 Å². The standard InChI is InChI=1S/C21H31ClN4O3/c22-19-18(23-12-15-4-3-11-29-14-15)13-24-26(21(19)28)17-7-5-16(6-8-17)20(27)25-9-1-2-10-25/h13,15-17,23H,1-12,14H2/t15-,16-,17+/m0/s1. The van der Waals surface area contributed by atoms with Crippen molar-refractivity contribution in [3.8, 4) is 0 Å². The second-order valence-corrected chi connectivity index (χ2v) is 9.00. The van der Waals surface area contributed by atoms with Crippen LogP contribution in [0.2, 0.25) is 5.02 Å². The SMILES string of the molecule is O=c1c(Cl)c(NC[C@@H]2CCCOC2)cnn1[C@H]1CC[C@@H](C(=O)N2CCCC2)CC1. The number of halogens is 1. The fourth-order valence-electron chi connectivity index (χ4n) is 4.81. The van der Waals surface area contributed by atoms with Crippen molar-refractivity contribution in [1.82, 2.24) is 14.7 Å². The second-order valence-electron chi connectivity index (χ2n) is 8.62. The molecule has 3 fully saturated rings. The van der Waals surface area contributed by atoms with E-state index in [1.54, 1.807) is 6.20 Å². The van der Waals surface area contributed by atoms with Crippen LogP contribution in [-0.4, -0.2) is 53.4 Å². The van der Waals surface area contributed by atoms with Gasteiger partial charge in [0.1, 0.15) is 5.02 Å². The van der Waals surface area contributed by atoms with Gasteiger partial charge in [0.15, 0.2) is 0 Å². The molecule has 8 heteroatoms. The van der Waals surface area contributed by atoms with E-state index in [0.717, 1.165) is 84.2 Å². The fraction of sp³-hybridized carbons (Fsp3) is 0.762. The minimum Gasteiger partial charge on any atom is -0.382 e. The van der Waals surface area contributed by atoms with Crippen LogP contribution in [0.4, 0.5) is 5.69 Å². The van der Waals surface area contributed by atoms with Crippen molar-refractivity contribution in [2.75, 3.05) is 38.2 Å². The molecule has 1 N–H and O–H groups in total. The van der Waals surface area contributed by atoms with Crippen molar-refractivity contribution < 1.29 is 9.53 Å². The number of anilines is 1. The zero-order chi connectivity index (χ0) is 20.2. The third kappa shape index (κ3) is 4.77. The number of hydrogen-bond acceptors (Lipinski definition) is 5. The van der Waals surface area contributed by atoms with Gasteiger partial charge in [0.05, 0.1) is 24.5 Å². The summed E-state index contributed by atoms with van der Waals surface area (Å²) in [6.07, 6.45) is 9.30. The number of ether oxygens (including phenoxy) is 1. The van der Waals surface area contributed by atoms with Crippen LogP contribution in [-0.2, 0) is 9.53 Å². The van der Waals surface area contributed by atoms with E-state index >= 15 is 0 Å². The Balaban J connectivity index is 1.34. The Kier molecular flexibility index (Phi) is 6.75. The first-order valence-electron chi connectivity index (χ1n) is 11.0. The summed E-state index contributed by atoms with van der Waals surface area (Å²) in [5.41, 5.74) is 0.349. The van der Waals surface area contributed by atoms with E-state index in [2.05, 4.69) is 10.4 Å². The largest absolute Gasteiger partial charge is 0.382 e. The lowest BCUT2D eigenvalue weighted by molar-refractivity contribution is -0.135. The van der Waals surface area contributed by atoms with E-state index in [9.17, 15) is 9.59 Å². The topological polar surface area (TPSA) is 76.5 Å². The maximum Gasteiger partial charge on any atom is 0.287 e. The third-order valence-electron chi connectivity index (χ3n) is 6.59. The predicted molar refractivity (Wildman–Crippen MR) is 112 cm³/mol. The van der Waals surface area contributed by atoms with Gasteiger partial charge < -0.3 is 15.0 Å². The lowest BCUT2D eigenvalue weighted by Gasteiger charge is -2.30. The Morgan fingerprint density at radius 1 is 1.17 bits per heavy atom. The van der Waals surface area contributed by atoms with E-state index in [1.165, 1.54) is 4.68 Å². The quantitative estimate of drug-likeness (QED) is 0.789. The lowest BCUT2D eigenvalue weighted by atomic mass is 9.85. The molecular weight excluding hydrogens is 392 g/mol. The normalized spacial score (nSPS) is 27.8. The van der Waals surface area contributed by atoms with E-state index in [-0.39, 0.29) is 22.5 Å². The molecule has 0 unspecified atom stereocenters. The van der Waals surface area contributed by atoms with Crippen LogP contribution >= 0.6 is 11.6 Å². The van der Waals surface area contributed by atoms with Crippen LogP contribution in [0.1, 0.15) is 57.4 Å². The second kappa shape index (κ2) is 9.47. The van der Waals surface area contributed by atoms with E-state index in [4.69, 9.17) is 16.3 Å². The Morgan fingerprint density at radius 2 is 1.93 bits per heavy atom. The first kappa shape index (κ1) is 20.7. The van der Waals surface area contributed by atoms with Crippen LogP contribution in [0.25, 0.3) is 0 Å². The predicted octanol–water partition coefficient (Wildman–Crippen LogP) is 3.09. The smallest absolute Gasteiger partial charge is 0.287 e. The van der Waals surface area contributed by atoms with Crippen molar-refractivity contribution in [2.45, 2.75) is 57.4 Å². The van der Waals surface area contributed by atoms with Crippen LogP contribution in [0.3, 0.4) is 0 Å². The Bertz CT molecular complexity index is 764. The molecule has 1 aromatic heterocycles. The number of likely N-dealkylation sites (tertiary alicyclic amines) is 1. The van der Waals surface area contributed by atoms with Crippen molar-refractivity contribution in [3.63, 3.8) is 0 Å². The number of nitrogens with one attached hydrogen (secondary N) is 1. The molecule has 3 aliphatic rings. The highest BCUT2D eigenvalue weighted by Crippen LogP contribution is 2.33. The summed E-state index contributed by atoms with van der Waals surface area (Å²) in [6.45, 7) is 4.11. The Labute approximate surface area is 176 Å². The average molecular weight is 423 g/mol. The minimum atomic E-state index is -0.245. The first-order valence-corrected chi connectivity index (χ1v) is 11.4. The van der Waals surface area contributed by atoms with E-state index in [1.807, 2.05) is 4.90 Å². The molecule has 1 amide bonds. The molecule has 1 aliphatic carbocycles. The van der Waals surface area contributed by atoms with E-state index in [0.29, 0.717) is 17.5 Å². The Hall–Kier alpha value is -1.60. The van der Waals surface area contributed by atoms with E-state index < -0.39 is 0 Å². The lowest BCUT2D eigenvalue weighted by Crippen LogP contribution is -2.37. The molecule has 4 rings (SSSR count). The first-order chi connectivity index (χ1) is 14.1. The Morgan fingerprint density at radius 3 is 2.62 bits per heavy atom. The average Bonchev–Trinajstić information content (AvgIpc) is 3.30. The number of carbonyl (C=O) groups excluding carboxylic acids is 1. The van der Waals surface area contributed by atoms with Gasteiger partial charge in [-0.25, -0.2) is 4.68 Å². The molecule has 0 aromatic carbocycles. The van der Waals surface area contributed by atoms with Gasteiger partial charge in [-0.05, 0) is 57.3 Å². The molecule has 0 spiro atoms. The highest BCUT2D eigenvalue weighted by atomic mass is 35.5. The molecule has 2 saturated heterocycles. The molecule has 1 atom stereocenters. The fourth-order valence-corrected chi connectivity index (χ4v) is 5.02. The minimum absolute atomic E-state index is 0.0171. The molecule has 1 saturated carbocycles. The van der Waals surface area contributed by atoms with Crippen molar-refractivity contribution >= 4 is 23.2 Å². The van der Waals surface area contributed by atoms with Gasteiger partial charge in [0.25, 0.3) is 5.56 Å². The monoisotopic (exact) mass is 422 g/mol. The highest BCUT2D eigenvalue weighted by Gasteiger charge is 2.32. The molecule has 0 radical (unpaired) electrons. The summed E-state index contributed by atoms with van der Waals surface area (Å²) >= 11 is 6.37. The number of nitrogens with zero attached hydrogens (tertiary/aromatic N) is 3. The number of rotatable bonds is 5. The zero-order valence-corrected chi connectivity index (χ0v) is 17.7. The molecular formula is C21H31ClN4O3. The number of amides is 1. The summed E-state index contributed by atoms with van der Waals surface area (Å²) < 4.78 is 7.02. The maximum absolute atomic E-state index is 12.8. The molecule has 1 aromatic rings. The molecule has 7 nitrogen and oxygen atoms in total. The molecule has 29 heavy (non-hydrogen) atoms. The van der Waals surface area contributed by atoms with Crippen molar-refractivity contribution in [1.29, 1.82) is 0 Å². The van der Waals surface area contributed by atoms with Crippen molar-refractivity contribution in [2.24, 2.45) is 11.8 Å². The molecule has 160 valence electrons. The summed E-state index contributed by atoms with van der Waals surface area (Å²) in [4.78, 5) is 27.4. The van der Waals surface area contributed by atoms with Crippen LogP contribution in [0, 0.1) is 11.8 Å². The third-order valence-corrected chi connectivity index (χ3v) is 6.95. The maximum atomic E-state index is 12.8. The van der Waals surface area contributed by atoms with Gasteiger partial charge in [-0.1, -0.05) is 11.6 Å². The van der Waals surface area contributed by atoms with Crippen LogP contribution in [0.5, 0.6) is 0 Å². The van der Waals surface area contributed by atoms with Gasteiger partial charge in [-0.15, -0.1) is 0 Å². The zero-order valence-electron chi connectivity index (χ0n) is 16.9. The summed E-state index contributed by atoms with van der Waals surface area (Å²) in [5, 5.41) is 7.87. The summed E-state index contributed by atoms with van der Waals surface area (Å²) in [6, 6.07) is 0.0171. The molecule has 2 aliphatic heterocycles. The number of hydrogen-bond donors (Lipinski definition) is 1. The van der Waals surface area contributed by atoms with Crippen molar-refractivity contribution in [3.05, 3.63) is 21.6 Å². The van der Waals surface area contributed by atoms with Gasteiger partial charge >= 0.3 is 0 Å². The summed E-state index contributed by atoms with van der Waals surface area (Å²) in [7, 11) is 0. The molecule has 0 bridgehead atoms. The molecule has 3 heterocycles. The summed E-state index contributed by atoms with van der Waals surface area (Å²) in [5.74, 6) is 0.824. The van der Waals surface area contributed by atoms with Gasteiger partial charge in [-0.3, -0.25) is 9.59 Å². The van der Waals surface area contributed by atoms with Gasteiger partial charge in [-0.2, -0.15) is 5.10 Å². The van der Waals surface area contributed by atoms with Gasteiger partial charge in [0, 0.05) is 32.2 Å².